The van der Waals surface area contributed by atoms with E-state index in [0.29, 0.717) is 6.04 Å². The molecule has 0 spiro atoms. The molecule has 0 bridgehead atoms. The van der Waals surface area contributed by atoms with Crippen molar-refractivity contribution in [3.05, 3.63) is 34.4 Å². The maximum absolute atomic E-state index is 6.01. The zero-order valence-electron chi connectivity index (χ0n) is 11.3. The minimum absolute atomic E-state index is 0.221. The van der Waals surface area contributed by atoms with Gasteiger partial charge in [-0.05, 0) is 43.9 Å². The third-order valence-corrected chi connectivity index (χ3v) is 3.64. The molecule has 0 radical (unpaired) electrons. The second-order valence-electron chi connectivity index (χ2n) is 5.15. The number of morpholine rings is 1. The van der Waals surface area contributed by atoms with Crippen LogP contribution in [0.1, 0.15) is 41.7 Å². The fraction of sp³-hybridized carbons (Fsp3) is 0.600. The van der Waals surface area contributed by atoms with E-state index in [9.17, 15) is 0 Å². The molecule has 2 heteroatoms. The number of aryl methyl sites for hydroxylation is 3. The molecule has 1 fully saturated rings. The van der Waals surface area contributed by atoms with Gasteiger partial charge in [-0.2, -0.15) is 0 Å². The van der Waals surface area contributed by atoms with Gasteiger partial charge in [0.25, 0.3) is 0 Å². The molecule has 2 rings (SSSR count). The fourth-order valence-corrected chi connectivity index (χ4v) is 2.77. The Morgan fingerprint density at radius 2 is 1.88 bits per heavy atom. The van der Waals surface area contributed by atoms with E-state index < -0.39 is 0 Å². The molecule has 2 nitrogen and oxygen atoms in total. The molecule has 0 amide bonds. The molecule has 1 aliphatic heterocycles. The summed E-state index contributed by atoms with van der Waals surface area (Å²) in [5.41, 5.74) is 5.41. The van der Waals surface area contributed by atoms with Crippen molar-refractivity contribution in [3.63, 3.8) is 0 Å². The highest BCUT2D eigenvalue weighted by molar-refractivity contribution is 5.39. The number of ether oxygens (including phenoxy) is 1. The van der Waals surface area contributed by atoms with Gasteiger partial charge in [0, 0.05) is 12.6 Å². The molecule has 1 aliphatic rings. The maximum Gasteiger partial charge on any atom is 0.0955 e. The first-order valence-corrected chi connectivity index (χ1v) is 6.54. The van der Waals surface area contributed by atoms with Crippen LogP contribution in [0, 0.1) is 20.8 Å². The van der Waals surface area contributed by atoms with Gasteiger partial charge >= 0.3 is 0 Å². The van der Waals surface area contributed by atoms with Crippen LogP contribution in [0.5, 0.6) is 0 Å². The summed E-state index contributed by atoms with van der Waals surface area (Å²) in [4.78, 5) is 0. The molecule has 1 aromatic rings. The minimum Gasteiger partial charge on any atom is -0.371 e. The quantitative estimate of drug-likeness (QED) is 0.847. The summed E-state index contributed by atoms with van der Waals surface area (Å²) in [6.07, 6.45) is 1.36. The number of rotatable bonds is 2. The molecular weight excluding hydrogens is 210 g/mol. The molecule has 1 heterocycles. The zero-order valence-corrected chi connectivity index (χ0v) is 11.3. The smallest absolute Gasteiger partial charge is 0.0955 e. The number of nitrogens with one attached hydrogen (secondary N) is 1. The summed E-state index contributed by atoms with van der Waals surface area (Å²) < 4.78 is 6.01. The first-order valence-electron chi connectivity index (χ1n) is 6.54. The van der Waals surface area contributed by atoms with Crippen LogP contribution in [0.4, 0.5) is 0 Å². The Hall–Kier alpha value is -0.860. The van der Waals surface area contributed by atoms with Crippen LogP contribution in [-0.2, 0) is 4.74 Å². The molecule has 0 aliphatic carbocycles. The first-order chi connectivity index (χ1) is 8.11. The zero-order chi connectivity index (χ0) is 12.4. The Morgan fingerprint density at radius 3 is 2.35 bits per heavy atom. The third-order valence-electron chi connectivity index (χ3n) is 3.64. The van der Waals surface area contributed by atoms with Gasteiger partial charge in [-0.15, -0.1) is 0 Å². The van der Waals surface area contributed by atoms with E-state index in [2.05, 4.69) is 45.1 Å². The van der Waals surface area contributed by atoms with Crippen LogP contribution in [0.3, 0.4) is 0 Å². The standard InChI is InChI=1S/C15H23NO/c1-5-13-9-17-14(8-16-13)15-11(3)6-10(2)7-12(15)4/h6-7,13-14,16H,5,8-9H2,1-4H3. The molecule has 1 N–H and O–H groups in total. The summed E-state index contributed by atoms with van der Waals surface area (Å²) >= 11 is 0. The van der Waals surface area contributed by atoms with Crippen LogP contribution in [-0.4, -0.2) is 19.2 Å². The minimum atomic E-state index is 0.221. The fourth-order valence-electron chi connectivity index (χ4n) is 2.77. The Labute approximate surface area is 104 Å². The predicted molar refractivity (Wildman–Crippen MR) is 71.4 cm³/mol. The lowest BCUT2D eigenvalue weighted by Crippen LogP contribution is -2.42. The van der Waals surface area contributed by atoms with Crippen molar-refractivity contribution in [2.45, 2.75) is 46.3 Å². The second-order valence-corrected chi connectivity index (χ2v) is 5.15. The molecule has 2 unspecified atom stereocenters. The van der Waals surface area contributed by atoms with Gasteiger partial charge in [-0.3, -0.25) is 0 Å². The molecule has 2 atom stereocenters. The summed E-state index contributed by atoms with van der Waals surface area (Å²) in [5, 5.41) is 3.56. The molecule has 0 aromatic heterocycles. The normalized spacial score (nSPS) is 24.9. The highest BCUT2D eigenvalue weighted by Gasteiger charge is 2.23. The maximum atomic E-state index is 6.01. The summed E-state index contributed by atoms with van der Waals surface area (Å²) in [6, 6.07) is 5.02. The average Bonchev–Trinajstić information content (AvgIpc) is 2.28. The lowest BCUT2D eigenvalue weighted by Gasteiger charge is -2.31. The molecule has 94 valence electrons. The lowest BCUT2D eigenvalue weighted by atomic mass is 9.94. The van der Waals surface area contributed by atoms with E-state index >= 15 is 0 Å². The molecule has 17 heavy (non-hydrogen) atoms. The Bertz CT molecular complexity index is 369. The molecule has 1 saturated heterocycles. The van der Waals surface area contributed by atoms with Crippen molar-refractivity contribution in [2.75, 3.05) is 13.2 Å². The Morgan fingerprint density at radius 1 is 1.24 bits per heavy atom. The van der Waals surface area contributed by atoms with Crippen LogP contribution >= 0.6 is 0 Å². The highest BCUT2D eigenvalue weighted by Crippen LogP contribution is 2.27. The molecule has 0 saturated carbocycles. The summed E-state index contributed by atoms with van der Waals surface area (Å²) in [5.74, 6) is 0. The first kappa shape index (κ1) is 12.6. The van der Waals surface area contributed by atoms with Gasteiger partial charge in [-0.25, -0.2) is 0 Å². The number of hydrogen-bond acceptors (Lipinski definition) is 2. The third kappa shape index (κ3) is 2.70. The van der Waals surface area contributed by atoms with Crippen molar-refractivity contribution in [2.24, 2.45) is 0 Å². The largest absolute Gasteiger partial charge is 0.371 e. The highest BCUT2D eigenvalue weighted by atomic mass is 16.5. The topological polar surface area (TPSA) is 21.3 Å². The van der Waals surface area contributed by atoms with Gasteiger partial charge in [0.2, 0.25) is 0 Å². The van der Waals surface area contributed by atoms with Crippen molar-refractivity contribution in [3.8, 4) is 0 Å². The van der Waals surface area contributed by atoms with E-state index in [1.54, 1.807) is 0 Å². The van der Waals surface area contributed by atoms with Crippen LogP contribution in [0.15, 0.2) is 12.1 Å². The average molecular weight is 233 g/mol. The summed E-state index contributed by atoms with van der Waals surface area (Å²) in [7, 11) is 0. The SMILES string of the molecule is CCC1COC(c2c(C)cc(C)cc2C)CN1. The second kappa shape index (κ2) is 5.19. The van der Waals surface area contributed by atoms with Crippen LogP contribution in [0.2, 0.25) is 0 Å². The van der Waals surface area contributed by atoms with E-state index in [4.69, 9.17) is 4.74 Å². The van der Waals surface area contributed by atoms with Crippen LogP contribution in [0.25, 0.3) is 0 Å². The van der Waals surface area contributed by atoms with Gasteiger partial charge < -0.3 is 10.1 Å². The van der Waals surface area contributed by atoms with E-state index in [1.165, 1.54) is 22.3 Å². The van der Waals surface area contributed by atoms with E-state index in [0.717, 1.165) is 19.6 Å². The monoisotopic (exact) mass is 233 g/mol. The molecule has 1 aromatic carbocycles. The summed E-state index contributed by atoms with van der Waals surface area (Å²) in [6.45, 7) is 10.5. The van der Waals surface area contributed by atoms with Gasteiger partial charge in [-0.1, -0.05) is 24.6 Å². The number of hydrogen-bond donors (Lipinski definition) is 1. The van der Waals surface area contributed by atoms with Crippen LogP contribution < -0.4 is 5.32 Å². The van der Waals surface area contributed by atoms with E-state index in [-0.39, 0.29) is 6.10 Å². The molecular formula is C15H23NO. The van der Waals surface area contributed by atoms with Crippen molar-refractivity contribution < 1.29 is 4.74 Å². The lowest BCUT2D eigenvalue weighted by molar-refractivity contribution is 0.00156. The van der Waals surface area contributed by atoms with Gasteiger partial charge in [0.1, 0.15) is 0 Å². The van der Waals surface area contributed by atoms with Crippen molar-refractivity contribution >= 4 is 0 Å². The predicted octanol–water partition coefficient (Wildman–Crippen LogP) is 3.05. The van der Waals surface area contributed by atoms with Crippen molar-refractivity contribution in [1.82, 2.24) is 5.32 Å². The van der Waals surface area contributed by atoms with Gasteiger partial charge in [0.05, 0.1) is 12.7 Å². The van der Waals surface area contributed by atoms with E-state index in [1.807, 2.05) is 0 Å². The number of benzene rings is 1. The Balaban J connectivity index is 2.18. The van der Waals surface area contributed by atoms with Crippen molar-refractivity contribution in [1.29, 1.82) is 0 Å². The Kier molecular flexibility index (Phi) is 3.85. The van der Waals surface area contributed by atoms with Gasteiger partial charge in [0.15, 0.2) is 0 Å².